The van der Waals surface area contributed by atoms with Crippen molar-refractivity contribution < 1.29 is 23.5 Å². The van der Waals surface area contributed by atoms with Gasteiger partial charge in [0.25, 0.3) is 5.91 Å². The molecule has 1 aromatic heterocycles. The van der Waals surface area contributed by atoms with Gasteiger partial charge in [0.1, 0.15) is 23.4 Å². The maximum Gasteiger partial charge on any atom is 0.257 e. The fourth-order valence-corrected chi connectivity index (χ4v) is 3.78. The van der Waals surface area contributed by atoms with Gasteiger partial charge in [-0.15, -0.1) is 0 Å². The van der Waals surface area contributed by atoms with Crippen molar-refractivity contribution in [3.05, 3.63) is 63.1 Å². The quantitative estimate of drug-likeness (QED) is 0.583. The molecule has 10 heteroatoms. The molecule has 0 saturated carbocycles. The second-order valence-corrected chi connectivity index (χ2v) is 7.89. The first-order valence-corrected chi connectivity index (χ1v) is 10.3. The highest BCUT2D eigenvalue weighted by Crippen LogP contribution is 2.17. The number of aromatic nitrogens is 1. The highest BCUT2D eigenvalue weighted by atomic mass is 19.1. The first-order valence-electron chi connectivity index (χ1n) is 10.3. The van der Waals surface area contributed by atoms with E-state index in [9.17, 15) is 28.3 Å². The average molecular weight is 448 g/mol. The van der Waals surface area contributed by atoms with E-state index in [2.05, 4.69) is 10.6 Å². The molecule has 1 saturated heterocycles. The van der Waals surface area contributed by atoms with E-state index >= 15 is 0 Å². The molecule has 2 aromatic rings. The highest BCUT2D eigenvalue weighted by molar-refractivity contribution is 5.94. The van der Waals surface area contributed by atoms with Crippen LogP contribution in [0.5, 0.6) is 5.75 Å². The minimum Gasteiger partial charge on any atom is -0.503 e. The molecular formula is C22H26F2N4O4. The van der Waals surface area contributed by atoms with Crippen molar-refractivity contribution >= 4 is 12.3 Å². The van der Waals surface area contributed by atoms with Crippen LogP contribution in [0, 0.1) is 18.6 Å². The first kappa shape index (κ1) is 23.4. The Hall–Kier alpha value is -3.27. The number of hydrogen-bond acceptors (Lipinski definition) is 5. The van der Waals surface area contributed by atoms with Gasteiger partial charge in [-0.25, -0.2) is 8.78 Å². The maximum atomic E-state index is 13.8. The molecule has 2 heterocycles. The summed E-state index contributed by atoms with van der Waals surface area (Å²) in [5.74, 6) is -2.95. The molecule has 1 aliphatic heterocycles. The molecule has 2 atom stereocenters. The molecular weight excluding hydrogens is 422 g/mol. The molecule has 3 rings (SSSR count). The molecule has 32 heavy (non-hydrogen) atoms. The lowest BCUT2D eigenvalue weighted by atomic mass is 10.1. The Morgan fingerprint density at radius 3 is 2.81 bits per heavy atom. The van der Waals surface area contributed by atoms with Crippen LogP contribution in [0.25, 0.3) is 0 Å². The first-order chi connectivity index (χ1) is 15.2. The third-order valence-electron chi connectivity index (χ3n) is 5.76. The van der Waals surface area contributed by atoms with Gasteiger partial charge >= 0.3 is 0 Å². The molecule has 1 unspecified atom stereocenters. The monoisotopic (exact) mass is 448 g/mol. The van der Waals surface area contributed by atoms with Gasteiger partial charge in [-0.2, -0.15) is 0 Å². The van der Waals surface area contributed by atoms with Crippen molar-refractivity contribution in [2.75, 3.05) is 6.54 Å². The smallest absolute Gasteiger partial charge is 0.257 e. The average Bonchev–Trinajstić information content (AvgIpc) is 2.93. The van der Waals surface area contributed by atoms with E-state index in [4.69, 9.17) is 0 Å². The number of aromatic hydroxyl groups is 1. The summed E-state index contributed by atoms with van der Waals surface area (Å²) in [7, 11) is 0. The molecule has 0 spiro atoms. The van der Waals surface area contributed by atoms with Gasteiger partial charge in [0.05, 0.1) is 12.2 Å². The van der Waals surface area contributed by atoms with Crippen LogP contribution in [0.1, 0.15) is 41.4 Å². The van der Waals surface area contributed by atoms with E-state index in [0.29, 0.717) is 12.6 Å². The summed E-state index contributed by atoms with van der Waals surface area (Å²) in [6, 6.07) is 2.97. The number of hydrogen-bond donors (Lipinski definition) is 3. The Bertz CT molecular complexity index is 1070. The predicted molar refractivity (Wildman–Crippen MR) is 113 cm³/mol. The summed E-state index contributed by atoms with van der Waals surface area (Å²) < 4.78 is 28.4. The van der Waals surface area contributed by atoms with Crippen molar-refractivity contribution in [3.8, 4) is 5.75 Å². The number of halogens is 2. The van der Waals surface area contributed by atoms with E-state index in [-0.39, 0.29) is 36.0 Å². The zero-order valence-corrected chi connectivity index (χ0v) is 17.9. The third kappa shape index (κ3) is 4.96. The minimum atomic E-state index is -0.856. The molecule has 1 fully saturated rings. The summed E-state index contributed by atoms with van der Waals surface area (Å²) in [6.07, 6.45) is 3.41. The van der Waals surface area contributed by atoms with Crippen LogP contribution in [-0.4, -0.2) is 45.6 Å². The van der Waals surface area contributed by atoms with Gasteiger partial charge in [-0.05, 0) is 39.3 Å². The number of nitrogens with one attached hydrogen (secondary N) is 2. The van der Waals surface area contributed by atoms with Gasteiger partial charge in [0, 0.05) is 30.4 Å². The Balaban J connectivity index is 1.85. The third-order valence-corrected chi connectivity index (χ3v) is 5.76. The molecule has 2 amide bonds. The SMILES string of the molecule is Cc1c(O)c(=O)c(C(=O)NCc2ccc(F)cc2F)cn1CC1NCCC[C@@H](C)N1C=O. The zero-order valence-electron chi connectivity index (χ0n) is 17.9. The number of carbonyl (C=O) groups excluding carboxylic acids is 2. The summed E-state index contributed by atoms with van der Waals surface area (Å²) in [6.45, 7) is 4.12. The number of rotatable bonds is 6. The van der Waals surface area contributed by atoms with Gasteiger partial charge < -0.3 is 19.9 Å². The number of amides is 2. The Morgan fingerprint density at radius 2 is 2.12 bits per heavy atom. The van der Waals surface area contributed by atoms with Crippen LogP contribution < -0.4 is 16.1 Å². The van der Waals surface area contributed by atoms with Gasteiger partial charge in [0.15, 0.2) is 5.75 Å². The van der Waals surface area contributed by atoms with Crippen molar-refractivity contribution in [2.24, 2.45) is 0 Å². The largest absolute Gasteiger partial charge is 0.503 e. The van der Waals surface area contributed by atoms with E-state index in [1.165, 1.54) is 23.8 Å². The summed E-state index contributed by atoms with van der Waals surface area (Å²) >= 11 is 0. The molecule has 1 aliphatic rings. The van der Waals surface area contributed by atoms with Crippen molar-refractivity contribution in [1.29, 1.82) is 0 Å². The van der Waals surface area contributed by atoms with Crippen LogP contribution in [0.15, 0.2) is 29.2 Å². The van der Waals surface area contributed by atoms with Crippen LogP contribution in [0.4, 0.5) is 8.78 Å². The molecule has 3 N–H and O–H groups in total. The lowest BCUT2D eigenvalue weighted by Crippen LogP contribution is -2.49. The van der Waals surface area contributed by atoms with E-state index < -0.39 is 34.9 Å². The van der Waals surface area contributed by atoms with E-state index in [1.807, 2.05) is 6.92 Å². The lowest BCUT2D eigenvalue weighted by Gasteiger charge is -2.32. The molecule has 172 valence electrons. The van der Waals surface area contributed by atoms with Crippen molar-refractivity contribution in [3.63, 3.8) is 0 Å². The molecule has 1 aromatic carbocycles. The Kier molecular flexibility index (Phi) is 7.24. The highest BCUT2D eigenvalue weighted by Gasteiger charge is 2.26. The van der Waals surface area contributed by atoms with Gasteiger partial charge in [0.2, 0.25) is 11.8 Å². The second-order valence-electron chi connectivity index (χ2n) is 7.89. The number of pyridine rings is 1. The standard InChI is InChI=1S/C22H26F2N4O4/c1-13-4-3-7-25-19(28(13)12-29)11-27-10-17(21(31)20(30)14(27)2)22(32)26-9-15-5-6-16(23)8-18(15)24/h5-6,8,10,12-13,19,25,30H,3-4,7,9,11H2,1-2H3,(H,26,32)/t13-,19?/m1/s1. The minimum absolute atomic E-state index is 0.00848. The molecule has 0 aliphatic carbocycles. The van der Waals surface area contributed by atoms with Crippen molar-refractivity contribution in [2.45, 2.75) is 52.0 Å². The number of benzene rings is 1. The fraction of sp³-hybridized carbons (Fsp3) is 0.409. The number of carbonyl (C=O) groups is 2. The lowest BCUT2D eigenvalue weighted by molar-refractivity contribution is -0.123. The molecule has 0 radical (unpaired) electrons. The topological polar surface area (TPSA) is 104 Å². The van der Waals surface area contributed by atoms with E-state index in [1.54, 1.807) is 4.90 Å². The summed E-state index contributed by atoms with van der Waals surface area (Å²) in [4.78, 5) is 38.4. The fourth-order valence-electron chi connectivity index (χ4n) is 3.78. The van der Waals surface area contributed by atoms with Crippen LogP contribution in [-0.2, 0) is 17.9 Å². The number of nitrogens with zero attached hydrogens (tertiary/aromatic N) is 2. The van der Waals surface area contributed by atoms with Crippen LogP contribution in [0.3, 0.4) is 0 Å². The molecule has 0 bridgehead atoms. The molecule has 8 nitrogen and oxygen atoms in total. The Morgan fingerprint density at radius 1 is 1.38 bits per heavy atom. The summed E-state index contributed by atoms with van der Waals surface area (Å²) in [5.41, 5.74) is -0.879. The van der Waals surface area contributed by atoms with Crippen LogP contribution >= 0.6 is 0 Å². The normalized spacial score (nSPS) is 18.8. The van der Waals surface area contributed by atoms with Gasteiger partial charge in [-0.1, -0.05) is 6.07 Å². The second kappa shape index (κ2) is 9.90. The Labute approximate surface area is 183 Å². The maximum absolute atomic E-state index is 13.8. The van der Waals surface area contributed by atoms with Crippen molar-refractivity contribution in [1.82, 2.24) is 20.1 Å². The summed E-state index contributed by atoms with van der Waals surface area (Å²) in [5, 5.41) is 16.0. The zero-order chi connectivity index (χ0) is 23.4. The van der Waals surface area contributed by atoms with Gasteiger partial charge in [-0.3, -0.25) is 19.7 Å². The van der Waals surface area contributed by atoms with Crippen LogP contribution in [0.2, 0.25) is 0 Å². The predicted octanol–water partition coefficient (Wildman–Crippen LogP) is 1.63. The van der Waals surface area contributed by atoms with E-state index in [0.717, 1.165) is 25.3 Å².